The highest BCUT2D eigenvalue weighted by Crippen LogP contribution is 2.40. The maximum Gasteiger partial charge on any atom is 0.313 e. The predicted molar refractivity (Wildman–Crippen MR) is 153 cm³/mol. The van der Waals surface area contributed by atoms with Gasteiger partial charge < -0.3 is 15.4 Å². The molecule has 0 unspecified atom stereocenters. The topological polar surface area (TPSA) is 131 Å². The average molecular weight is 615 g/mol. The molecule has 45 heavy (non-hydrogen) atoms. The van der Waals surface area contributed by atoms with Crippen LogP contribution in [0.1, 0.15) is 44.1 Å². The molecule has 0 radical (unpaired) electrons. The first-order valence-electron chi connectivity index (χ1n) is 13.8. The van der Waals surface area contributed by atoms with E-state index in [9.17, 15) is 23.2 Å². The van der Waals surface area contributed by atoms with E-state index in [2.05, 4.69) is 19.7 Å². The van der Waals surface area contributed by atoms with Crippen LogP contribution < -0.4 is 5.73 Å². The number of aliphatic imine (C=N–C) groups is 1. The van der Waals surface area contributed by atoms with Gasteiger partial charge in [0.25, 0.3) is 11.8 Å². The summed E-state index contributed by atoms with van der Waals surface area (Å²) < 4.78 is 47.3. The molecule has 2 amide bonds. The minimum atomic E-state index is -1.72. The minimum absolute atomic E-state index is 0.0800. The molecular formula is C32H25F3N6O4. The first-order valence-corrected chi connectivity index (χ1v) is 13.8. The first kappa shape index (κ1) is 29.5. The summed E-state index contributed by atoms with van der Waals surface area (Å²) in [6.07, 6.45) is 1.40. The van der Waals surface area contributed by atoms with Crippen LogP contribution in [-0.2, 0) is 45.9 Å². The summed E-state index contributed by atoms with van der Waals surface area (Å²) in [5, 5.41) is 0. The third kappa shape index (κ3) is 5.37. The van der Waals surface area contributed by atoms with Crippen molar-refractivity contribution in [2.75, 3.05) is 7.11 Å². The van der Waals surface area contributed by atoms with Gasteiger partial charge in [0.1, 0.15) is 29.7 Å². The summed E-state index contributed by atoms with van der Waals surface area (Å²) in [6.45, 7) is 0.0521. The Labute approximate surface area is 255 Å². The zero-order chi connectivity index (χ0) is 31.9. The number of methoxy groups -OCH3 is 1. The van der Waals surface area contributed by atoms with Crippen molar-refractivity contribution in [1.82, 2.24) is 19.8 Å². The van der Waals surface area contributed by atoms with Gasteiger partial charge in [-0.15, -0.1) is 0 Å². The molecule has 3 heterocycles. The average Bonchev–Trinajstić information content (AvgIpc) is 3.57. The number of halogens is 3. The molecule has 0 aliphatic carbocycles. The second-order valence-corrected chi connectivity index (χ2v) is 10.6. The first-order chi connectivity index (χ1) is 21.6. The summed E-state index contributed by atoms with van der Waals surface area (Å²) in [5.74, 6) is -3.43. The molecule has 0 bridgehead atoms. The smallest absolute Gasteiger partial charge is 0.313 e. The Kier molecular flexibility index (Phi) is 7.52. The molecule has 6 rings (SSSR count). The van der Waals surface area contributed by atoms with Gasteiger partial charge in [0, 0.05) is 18.3 Å². The normalized spacial score (nSPS) is 15.2. The zero-order valence-corrected chi connectivity index (χ0v) is 23.8. The van der Waals surface area contributed by atoms with Crippen LogP contribution in [0.5, 0.6) is 0 Å². The number of hydrogen-bond acceptors (Lipinski definition) is 8. The van der Waals surface area contributed by atoms with E-state index < -0.39 is 40.8 Å². The number of carbonyl (C=O) groups is 3. The Hall–Kier alpha value is -5.59. The lowest BCUT2D eigenvalue weighted by Crippen LogP contribution is -2.43. The van der Waals surface area contributed by atoms with Gasteiger partial charge in [0.05, 0.1) is 31.5 Å². The summed E-state index contributed by atoms with van der Waals surface area (Å²) in [5.41, 5.74) is 6.54. The predicted octanol–water partition coefficient (Wildman–Crippen LogP) is 3.37. The van der Waals surface area contributed by atoms with E-state index in [4.69, 9.17) is 5.73 Å². The third-order valence-corrected chi connectivity index (χ3v) is 7.76. The molecule has 228 valence electrons. The fourth-order valence-corrected chi connectivity index (χ4v) is 5.47. The van der Waals surface area contributed by atoms with Crippen LogP contribution in [0.25, 0.3) is 0 Å². The molecule has 13 heteroatoms. The van der Waals surface area contributed by atoms with E-state index in [1.165, 1.54) is 83.8 Å². The van der Waals surface area contributed by atoms with Gasteiger partial charge in [-0.3, -0.25) is 19.3 Å². The molecule has 2 aliphatic heterocycles. The van der Waals surface area contributed by atoms with Crippen molar-refractivity contribution in [3.05, 3.63) is 130 Å². The lowest BCUT2D eigenvalue weighted by molar-refractivity contribution is -0.140. The van der Waals surface area contributed by atoms with Gasteiger partial charge in [0.15, 0.2) is 11.5 Å². The number of fused-ring (bicyclic) bond motifs is 1. The Morgan fingerprint density at radius 1 is 0.956 bits per heavy atom. The molecule has 2 N–H and O–H groups in total. The maximum absolute atomic E-state index is 15.0. The SMILES string of the molecule is COC(=O)Cc1ncc2c(n1)CN(C(=O)c1cc(CN3C(=O)C(c4ccc(F)cc4)(c4ccc(F)cc4)N=C3N)ccc1F)C2. The Balaban J connectivity index is 1.26. The number of amides is 2. The molecule has 0 fully saturated rings. The van der Waals surface area contributed by atoms with Gasteiger partial charge in [0.2, 0.25) is 0 Å². The molecular weight excluding hydrogens is 589 g/mol. The summed E-state index contributed by atoms with van der Waals surface area (Å²) >= 11 is 0. The molecule has 0 saturated heterocycles. The number of guanidine groups is 1. The number of hydrogen-bond donors (Lipinski definition) is 1. The number of nitrogens with zero attached hydrogens (tertiary/aromatic N) is 5. The standard InChI is InChI=1S/C32H25F3N6O4/c1-45-28(42)13-27-37-14-19-16-40(17-26(19)38-27)29(43)24-12-18(2-11-25(24)35)15-41-30(44)32(39-31(41)36,20-3-7-22(33)8-4-20)21-5-9-23(34)10-6-21/h2-12,14H,13,15-17H2,1H3,(H2,36,39). The Morgan fingerprint density at radius 3 is 2.22 bits per heavy atom. The molecule has 10 nitrogen and oxygen atoms in total. The number of rotatable bonds is 7. The second-order valence-electron chi connectivity index (χ2n) is 10.6. The van der Waals surface area contributed by atoms with Crippen LogP contribution in [0, 0.1) is 17.5 Å². The van der Waals surface area contributed by atoms with Gasteiger partial charge >= 0.3 is 5.97 Å². The van der Waals surface area contributed by atoms with Crippen LogP contribution in [0.15, 0.2) is 77.9 Å². The minimum Gasteiger partial charge on any atom is -0.469 e. The zero-order valence-electron chi connectivity index (χ0n) is 23.8. The van der Waals surface area contributed by atoms with Crippen LogP contribution in [0.2, 0.25) is 0 Å². The van der Waals surface area contributed by atoms with Gasteiger partial charge in [-0.05, 0) is 53.1 Å². The summed E-state index contributed by atoms with van der Waals surface area (Å²) in [7, 11) is 1.26. The van der Waals surface area contributed by atoms with E-state index in [1.54, 1.807) is 0 Å². The van der Waals surface area contributed by atoms with Crippen LogP contribution in [0.3, 0.4) is 0 Å². The lowest BCUT2D eigenvalue weighted by Gasteiger charge is -2.27. The number of nitrogens with two attached hydrogens (primary N) is 1. The van der Waals surface area contributed by atoms with Crippen LogP contribution in [0.4, 0.5) is 13.2 Å². The summed E-state index contributed by atoms with van der Waals surface area (Å²) in [4.78, 5) is 54.8. The molecule has 1 aromatic heterocycles. The molecule has 0 spiro atoms. The Morgan fingerprint density at radius 2 is 1.60 bits per heavy atom. The number of aromatic nitrogens is 2. The highest BCUT2D eigenvalue weighted by Gasteiger charge is 2.50. The van der Waals surface area contributed by atoms with Crippen molar-refractivity contribution in [2.45, 2.75) is 31.6 Å². The van der Waals surface area contributed by atoms with Crippen LogP contribution in [-0.4, -0.2) is 50.6 Å². The van der Waals surface area contributed by atoms with Crippen molar-refractivity contribution in [3.8, 4) is 0 Å². The maximum atomic E-state index is 15.0. The van der Waals surface area contributed by atoms with Crippen molar-refractivity contribution >= 4 is 23.7 Å². The fraction of sp³-hybridized carbons (Fsp3) is 0.188. The number of benzene rings is 3. The molecule has 0 atom stereocenters. The monoisotopic (exact) mass is 614 g/mol. The fourth-order valence-electron chi connectivity index (χ4n) is 5.47. The number of esters is 1. The van der Waals surface area contributed by atoms with Gasteiger partial charge in [-0.1, -0.05) is 30.3 Å². The quantitative estimate of drug-likeness (QED) is 0.316. The molecule has 2 aliphatic rings. The molecule has 3 aromatic carbocycles. The van der Waals surface area contributed by atoms with Gasteiger partial charge in [-0.25, -0.2) is 28.1 Å². The highest BCUT2D eigenvalue weighted by molar-refractivity contribution is 6.09. The van der Waals surface area contributed by atoms with E-state index >= 15 is 4.39 Å². The lowest BCUT2D eigenvalue weighted by atomic mass is 9.82. The van der Waals surface area contributed by atoms with E-state index in [0.717, 1.165) is 6.07 Å². The largest absolute Gasteiger partial charge is 0.469 e. The molecule has 0 saturated carbocycles. The number of carbonyl (C=O) groups excluding carboxylic acids is 3. The van der Waals surface area contributed by atoms with E-state index in [0.29, 0.717) is 27.9 Å². The summed E-state index contributed by atoms with van der Waals surface area (Å²) in [6, 6.07) is 14.2. The van der Waals surface area contributed by atoms with Crippen molar-refractivity contribution in [3.63, 3.8) is 0 Å². The van der Waals surface area contributed by atoms with E-state index in [-0.39, 0.29) is 43.4 Å². The van der Waals surface area contributed by atoms with E-state index in [1.807, 2.05) is 0 Å². The Bertz CT molecular complexity index is 1820. The van der Waals surface area contributed by atoms with Crippen LogP contribution >= 0.6 is 0 Å². The second kappa shape index (κ2) is 11.5. The molecule has 4 aromatic rings. The van der Waals surface area contributed by atoms with Crippen molar-refractivity contribution < 1.29 is 32.3 Å². The van der Waals surface area contributed by atoms with Gasteiger partial charge in [-0.2, -0.15) is 0 Å². The van der Waals surface area contributed by atoms with Crippen molar-refractivity contribution in [2.24, 2.45) is 10.7 Å². The third-order valence-electron chi connectivity index (χ3n) is 7.76. The highest BCUT2D eigenvalue weighted by atomic mass is 19.1. The number of ether oxygens (including phenoxy) is 1. The van der Waals surface area contributed by atoms with Crippen molar-refractivity contribution in [1.29, 1.82) is 0 Å².